The standard InChI is InChI=1S/C17H17NO4S/c1-23(20,21)18-9-8-12-6-7-16-15(10-12)17(19)14-5-3-2-4-13(14)11-22-16/h2-7,10,18H,8-9,11H2,1H3. The molecule has 0 aliphatic carbocycles. The fourth-order valence-corrected chi connectivity index (χ4v) is 3.06. The number of rotatable bonds is 4. The Morgan fingerprint density at radius 1 is 1.13 bits per heavy atom. The molecular formula is C17H17NO4S. The van der Waals surface area contributed by atoms with Crippen LogP contribution in [0, 0.1) is 0 Å². The number of carbonyl (C=O) groups is 1. The van der Waals surface area contributed by atoms with Gasteiger partial charge < -0.3 is 4.74 Å². The quantitative estimate of drug-likeness (QED) is 0.929. The highest BCUT2D eigenvalue weighted by molar-refractivity contribution is 7.88. The lowest BCUT2D eigenvalue weighted by atomic mass is 9.97. The van der Waals surface area contributed by atoms with Gasteiger partial charge in [0.1, 0.15) is 12.4 Å². The first-order chi connectivity index (χ1) is 10.9. The van der Waals surface area contributed by atoms with Gasteiger partial charge in [-0.15, -0.1) is 0 Å². The highest BCUT2D eigenvalue weighted by Gasteiger charge is 2.22. The van der Waals surface area contributed by atoms with Crippen LogP contribution in [0.1, 0.15) is 27.0 Å². The lowest BCUT2D eigenvalue weighted by molar-refractivity contribution is 0.103. The molecule has 1 N–H and O–H groups in total. The molecule has 3 rings (SSSR count). The van der Waals surface area contributed by atoms with E-state index in [1.807, 2.05) is 24.3 Å². The summed E-state index contributed by atoms with van der Waals surface area (Å²) in [5, 5.41) is 0. The minimum atomic E-state index is -3.21. The van der Waals surface area contributed by atoms with Crippen molar-refractivity contribution in [1.82, 2.24) is 4.72 Å². The van der Waals surface area contributed by atoms with E-state index >= 15 is 0 Å². The Kier molecular flexibility index (Phi) is 4.19. The van der Waals surface area contributed by atoms with Crippen molar-refractivity contribution in [2.45, 2.75) is 13.0 Å². The third-order valence-corrected chi connectivity index (χ3v) is 4.44. The number of fused-ring (bicyclic) bond motifs is 2. The Balaban J connectivity index is 1.87. The first-order valence-electron chi connectivity index (χ1n) is 7.27. The van der Waals surface area contributed by atoms with Crippen molar-refractivity contribution in [3.63, 3.8) is 0 Å². The van der Waals surface area contributed by atoms with Crippen molar-refractivity contribution in [2.75, 3.05) is 12.8 Å². The maximum Gasteiger partial charge on any atom is 0.208 e. The van der Waals surface area contributed by atoms with Crippen LogP contribution in [0.3, 0.4) is 0 Å². The molecule has 0 bridgehead atoms. The Morgan fingerprint density at radius 3 is 2.70 bits per heavy atom. The smallest absolute Gasteiger partial charge is 0.208 e. The predicted octanol–water partition coefficient (Wildman–Crippen LogP) is 1.90. The van der Waals surface area contributed by atoms with Gasteiger partial charge in [0.15, 0.2) is 5.78 Å². The molecule has 2 aromatic carbocycles. The highest BCUT2D eigenvalue weighted by atomic mass is 32.2. The molecule has 5 nitrogen and oxygen atoms in total. The molecule has 0 fully saturated rings. The molecule has 0 amide bonds. The van der Waals surface area contributed by atoms with Crippen LogP contribution < -0.4 is 9.46 Å². The van der Waals surface area contributed by atoms with Gasteiger partial charge in [-0.3, -0.25) is 4.79 Å². The molecule has 120 valence electrons. The van der Waals surface area contributed by atoms with Crippen LogP contribution in [0.15, 0.2) is 42.5 Å². The molecule has 1 aliphatic heterocycles. The van der Waals surface area contributed by atoms with Crippen LogP contribution in [0.2, 0.25) is 0 Å². The van der Waals surface area contributed by atoms with Gasteiger partial charge in [0.05, 0.1) is 11.8 Å². The summed E-state index contributed by atoms with van der Waals surface area (Å²) in [6.45, 7) is 0.660. The van der Waals surface area contributed by atoms with E-state index in [0.717, 1.165) is 17.4 Å². The van der Waals surface area contributed by atoms with Crippen molar-refractivity contribution < 1.29 is 17.9 Å². The molecule has 0 saturated carbocycles. The zero-order chi connectivity index (χ0) is 16.4. The third kappa shape index (κ3) is 3.60. The summed E-state index contributed by atoms with van der Waals surface area (Å²) < 4.78 is 30.4. The topological polar surface area (TPSA) is 72.5 Å². The molecule has 0 saturated heterocycles. The molecule has 0 spiro atoms. The van der Waals surface area contributed by atoms with Gasteiger partial charge in [-0.05, 0) is 24.1 Å². The van der Waals surface area contributed by atoms with Crippen LogP contribution in [-0.2, 0) is 23.1 Å². The van der Waals surface area contributed by atoms with Crippen molar-refractivity contribution in [3.05, 3.63) is 64.7 Å². The zero-order valence-corrected chi connectivity index (χ0v) is 13.5. The Hall–Kier alpha value is -2.18. The van der Waals surface area contributed by atoms with Gasteiger partial charge >= 0.3 is 0 Å². The number of ketones is 1. The predicted molar refractivity (Wildman–Crippen MR) is 87.2 cm³/mol. The van der Waals surface area contributed by atoms with Crippen molar-refractivity contribution in [2.24, 2.45) is 0 Å². The molecular weight excluding hydrogens is 314 g/mol. The fraction of sp³-hybridized carbons (Fsp3) is 0.235. The minimum Gasteiger partial charge on any atom is -0.488 e. The molecule has 6 heteroatoms. The molecule has 1 heterocycles. The second-order valence-corrected chi connectivity index (χ2v) is 7.35. The number of nitrogens with one attached hydrogen (secondary N) is 1. The lowest BCUT2D eigenvalue weighted by Crippen LogP contribution is -2.24. The number of carbonyl (C=O) groups excluding carboxylic acids is 1. The summed E-state index contributed by atoms with van der Waals surface area (Å²) >= 11 is 0. The van der Waals surface area contributed by atoms with Crippen LogP contribution in [0.4, 0.5) is 0 Å². The minimum absolute atomic E-state index is 0.0639. The monoisotopic (exact) mass is 331 g/mol. The van der Waals surface area contributed by atoms with Crippen LogP contribution in [0.25, 0.3) is 0 Å². The zero-order valence-electron chi connectivity index (χ0n) is 12.7. The van der Waals surface area contributed by atoms with E-state index in [4.69, 9.17) is 4.74 Å². The first-order valence-corrected chi connectivity index (χ1v) is 9.16. The first kappa shape index (κ1) is 15.7. The summed E-state index contributed by atoms with van der Waals surface area (Å²) in [7, 11) is -3.21. The molecule has 0 unspecified atom stereocenters. The molecule has 0 radical (unpaired) electrons. The average molecular weight is 331 g/mol. The molecule has 0 atom stereocenters. The van der Waals surface area contributed by atoms with E-state index in [9.17, 15) is 13.2 Å². The Labute approximate surface area is 135 Å². The highest BCUT2D eigenvalue weighted by Crippen LogP contribution is 2.29. The van der Waals surface area contributed by atoms with Gasteiger partial charge in [0.2, 0.25) is 10.0 Å². The summed E-state index contributed by atoms with van der Waals surface area (Å²) in [5.41, 5.74) is 2.93. The van der Waals surface area contributed by atoms with Gasteiger partial charge in [0.25, 0.3) is 0 Å². The lowest BCUT2D eigenvalue weighted by Gasteiger charge is -2.09. The van der Waals surface area contributed by atoms with Gasteiger partial charge in [-0.2, -0.15) is 0 Å². The molecule has 2 aromatic rings. The largest absolute Gasteiger partial charge is 0.488 e. The maximum absolute atomic E-state index is 12.7. The summed E-state index contributed by atoms with van der Waals surface area (Å²) in [6, 6.07) is 12.8. The van der Waals surface area contributed by atoms with Crippen LogP contribution in [0.5, 0.6) is 5.75 Å². The second-order valence-electron chi connectivity index (χ2n) is 5.52. The molecule has 0 aromatic heterocycles. The molecule has 1 aliphatic rings. The number of hydrogen-bond acceptors (Lipinski definition) is 4. The third-order valence-electron chi connectivity index (χ3n) is 3.71. The van der Waals surface area contributed by atoms with E-state index in [1.165, 1.54) is 0 Å². The average Bonchev–Trinajstić information content (AvgIpc) is 2.64. The Bertz CT molecular complexity index is 859. The van der Waals surface area contributed by atoms with Crippen molar-refractivity contribution in [1.29, 1.82) is 0 Å². The van der Waals surface area contributed by atoms with Gasteiger partial charge in [-0.25, -0.2) is 13.1 Å². The van der Waals surface area contributed by atoms with E-state index in [1.54, 1.807) is 18.2 Å². The fourth-order valence-electron chi connectivity index (χ4n) is 2.58. The summed E-state index contributed by atoms with van der Waals surface area (Å²) in [4.78, 5) is 12.7. The van der Waals surface area contributed by atoms with Crippen molar-refractivity contribution >= 4 is 15.8 Å². The second kappa shape index (κ2) is 6.14. The van der Waals surface area contributed by atoms with Crippen LogP contribution >= 0.6 is 0 Å². The molecule has 23 heavy (non-hydrogen) atoms. The maximum atomic E-state index is 12.7. The number of benzene rings is 2. The number of sulfonamides is 1. The normalized spacial score (nSPS) is 13.7. The SMILES string of the molecule is CS(=O)(=O)NCCc1ccc2c(c1)C(=O)c1ccccc1CO2. The van der Waals surface area contributed by atoms with E-state index in [0.29, 0.717) is 36.4 Å². The van der Waals surface area contributed by atoms with E-state index in [2.05, 4.69) is 4.72 Å². The van der Waals surface area contributed by atoms with E-state index in [-0.39, 0.29) is 5.78 Å². The Morgan fingerprint density at radius 2 is 1.91 bits per heavy atom. The van der Waals surface area contributed by atoms with Gasteiger partial charge in [0, 0.05) is 17.7 Å². The number of ether oxygens (including phenoxy) is 1. The summed E-state index contributed by atoms with van der Waals surface area (Å²) in [5.74, 6) is 0.497. The van der Waals surface area contributed by atoms with E-state index < -0.39 is 10.0 Å². The van der Waals surface area contributed by atoms with Crippen molar-refractivity contribution in [3.8, 4) is 5.75 Å². The van der Waals surface area contributed by atoms with Gasteiger partial charge in [-0.1, -0.05) is 30.3 Å². The number of hydrogen-bond donors (Lipinski definition) is 1. The summed E-state index contributed by atoms with van der Waals surface area (Å²) in [6.07, 6.45) is 1.63. The van der Waals surface area contributed by atoms with Crippen LogP contribution in [-0.4, -0.2) is 27.0 Å².